The number of alkyl halides is 1. The maximum absolute atomic E-state index is 15.8. The standard InChI is InChI=1S/C46H46F3N11O6S/c47-30-7-10-59(25-30)67(65,66)55-36-4-3-35(48)39(40(36)49)41(62)34-20-51-42-33(34)16-27(17-50-42)29-18-52-45(53-19-29)46(8-9-46)58-13-11-56(12-14-58)21-26-22-57(23-26)31-1-2-32-28(15-31)24-60(44(32)64)37-5-6-38(61)54-43(37)63/h1-4,15-20,26,30,37,55H,5-14,21-25H2,(H,50,51)(H,54,61,63)/t30-,37?/m1/s1. The number of benzene rings is 2. The minimum atomic E-state index is -4.37. The number of H-pyrrole nitrogens is 1. The molecule has 11 rings (SSSR count). The molecule has 1 aliphatic carbocycles. The molecule has 2 aromatic carbocycles. The molecule has 21 heteroatoms. The number of aromatic amines is 1. The highest BCUT2D eigenvalue weighted by Crippen LogP contribution is 2.50. The van der Waals surface area contributed by atoms with Crippen LogP contribution in [0.15, 0.2) is 61.2 Å². The number of piperidine rings is 1. The number of rotatable bonds is 12. The fourth-order valence-corrected chi connectivity index (χ4v) is 11.6. The summed E-state index contributed by atoms with van der Waals surface area (Å²) in [7, 11) is -4.37. The summed E-state index contributed by atoms with van der Waals surface area (Å²) in [5.74, 6) is -3.25. The van der Waals surface area contributed by atoms with Gasteiger partial charge in [0.05, 0.1) is 16.8 Å². The second-order valence-corrected chi connectivity index (χ2v) is 20.1. The van der Waals surface area contributed by atoms with Crippen LogP contribution in [0.3, 0.4) is 0 Å². The number of pyridine rings is 1. The number of imide groups is 1. The molecule has 2 atom stereocenters. The molecule has 0 spiro atoms. The van der Waals surface area contributed by atoms with E-state index in [4.69, 9.17) is 9.97 Å². The summed E-state index contributed by atoms with van der Waals surface area (Å²) < 4.78 is 73.2. The molecule has 5 aromatic rings. The van der Waals surface area contributed by atoms with Crippen molar-refractivity contribution in [3.05, 3.63) is 101 Å². The molecule has 348 valence electrons. The Hall–Kier alpha value is -6.29. The van der Waals surface area contributed by atoms with Gasteiger partial charge in [0.1, 0.15) is 29.5 Å². The van der Waals surface area contributed by atoms with Gasteiger partial charge in [-0.15, -0.1) is 0 Å². The largest absolute Gasteiger partial charge is 0.371 e. The number of halogens is 3. The van der Waals surface area contributed by atoms with Crippen LogP contribution in [0.25, 0.3) is 22.2 Å². The van der Waals surface area contributed by atoms with E-state index >= 15 is 8.78 Å². The smallest absolute Gasteiger partial charge is 0.301 e. The molecule has 17 nitrogen and oxygen atoms in total. The van der Waals surface area contributed by atoms with Crippen molar-refractivity contribution in [3.8, 4) is 11.1 Å². The van der Waals surface area contributed by atoms with Crippen LogP contribution in [0, 0.1) is 17.6 Å². The van der Waals surface area contributed by atoms with Gasteiger partial charge in [0.2, 0.25) is 17.6 Å². The van der Waals surface area contributed by atoms with Crippen LogP contribution < -0.4 is 14.9 Å². The Morgan fingerprint density at radius 1 is 0.896 bits per heavy atom. The van der Waals surface area contributed by atoms with Crippen LogP contribution in [-0.2, 0) is 31.9 Å². The number of fused-ring (bicyclic) bond motifs is 2. The monoisotopic (exact) mass is 937 g/mol. The zero-order valence-corrected chi connectivity index (χ0v) is 37.0. The zero-order valence-electron chi connectivity index (χ0n) is 36.2. The van der Waals surface area contributed by atoms with E-state index in [9.17, 15) is 32.0 Å². The Morgan fingerprint density at radius 2 is 1.66 bits per heavy atom. The fraction of sp³-hybridized carbons (Fsp3) is 0.413. The highest BCUT2D eigenvalue weighted by atomic mass is 32.2. The Bertz CT molecular complexity index is 2970. The van der Waals surface area contributed by atoms with E-state index in [0.717, 1.165) is 92.2 Å². The van der Waals surface area contributed by atoms with Crippen molar-refractivity contribution in [2.45, 2.75) is 56.4 Å². The lowest BCUT2D eigenvalue weighted by molar-refractivity contribution is -0.136. The molecule has 6 aliphatic rings. The minimum absolute atomic E-state index is 0.00337. The van der Waals surface area contributed by atoms with E-state index in [1.807, 2.05) is 16.9 Å². The van der Waals surface area contributed by atoms with Crippen LogP contribution in [-0.4, -0.2) is 142 Å². The van der Waals surface area contributed by atoms with E-state index in [1.54, 1.807) is 29.6 Å². The first kappa shape index (κ1) is 43.3. The number of anilines is 2. The van der Waals surface area contributed by atoms with Crippen molar-refractivity contribution >= 4 is 56.1 Å². The molecule has 0 bridgehead atoms. The summed E-state index contributed by atoms with van der Waals surface area (Å²) in [6, 6.07) is 8.60. The van der Waals surface area contributed by atoms with Gasteiger partial charge in [-0.3, -0.25) is 34.1 Å². The predicted octanol–water partition coefficient (Wildman–Crippen LogP) is 3.73. The van der Waals surface area contributed by atoms with Gasteiger partial charge in [0, 0.05) is 136 Å². The fourth-order valence-electron chi connectivity index (χ4n) is 10.3. The molecule has 1 saturated carbocycles. The number of amides is 3. The molecule has 0 radical (unpaired) electrons. The van der Waals surface area contributed by atoms with Crippen LogP contribution in [0.4, 0.5) is 24.5 Å². The van der Waals surface area contributed by atoms with Crippen LogP contribution in [0.5, 0.6) is 0 Å². The normalized spacial score (nSPS) is 22.6. The maximum Gasteiger partial charge on any atom is 0.301 e. The molecule has 4 saturated heterocycles. The molecule has 3 amide bonds. The summed E-state index contributed by atoms with van der Waals surface area (Å²) >= 11 is 0. The van der Waals surface area contributed by atoms with E-state index in [0.29, 0.717) is 41.2 Å². The zero-order chi connectivity index (χ0) is 46.4. The first-order valence-corrected chi connectivity index (χ1v) is 23.9. The van der Waals surface area contributed by atoms with Crippen LogP contribution >= 0.6 is 0 Å². The second kappa shape index (κ2) is 16.5. The van der Waals surface area contributed by atoms with E-state index in [1.165, 1.54) is 6.20 Å². The highest BCUT2D eigenvalue weighted by molar-refractivity contribution is 7.90. The number of nitrogens with zero attached hydrogens (tertiary/aromatic N) is 8. The van der Waals surface area contributed by atoms with E-state index in [2.05, 4.69) is 36.1 Å². The summed E-state index contributed by atoms with van der Waals surface area (Å²) in [5.41, 5.74) is 2.15. The second-order valence-electron chi connectivity index (χ2n) is 18.4. The topological polar surface area (TPSA) is 197 Å². The SMILES string of the molecule is O=C1CCC(N2Cc3cc(N4CC(CN5CCN(C6(c7ncc(-c8cnc9[nH]cc(C(=O)c%10c(F)ccc(NS(=O)(=O)N%11CC[C@@H](F)C%11)c%10F)c9c8)cn7)CC6)CC5)C4)ccc3C2=O)C(=O)N1. The van der Waals surface area contributed by atoms with Gasteiger partial charge in [-0.25, -0.2) is 28.1 Å². The third kappa shape index (κ3) is 7.80. The van der Waals surface area contributed by atoms with Crippen molar-refractivity contribution < 1.29 is 40.8 Å². The van der Waals surface area contributed by atoms with Gasteiger partial charge in [-0.2, -0.15) is 12.7 Å². The molecule has 5 aliphatic heterocycles. The first-order chi connectivity index (χ1) is 32.2. The summed E-state index contributed by atoms with van der Waals surface area (Å²) in [5, 5.41) is 2.64. The quantitative estimate of drug-likeness (QED) is 0.121. The average Bonchev–Trinajstić information content (AvgIpc) is 3.62. The lowest BCUT2D eigenvalue weighted by Gasteiger charge is -2.45. The Morgan fingerprint density at radius 3 is 2.37 bits per heavy atom. The molecular formula is C46H46F3N11O6S. The number of ketones is 1. The molecular weight excluding hydrogens is 892 g/mol. The molecule has 3 N–H and O–H groups in total. The van der Waals surface area contributed by atoms with Crippen molar-refractivity contribution in [2.24, 2.45) is 5.92 Å². The minimum Gasteiger partial charge on any atom is -0.371 e. The average molecular weight is 938 g/mol. The molecule has 5 fully saturated rings. The molecule has 1 unspecified atom stereocenters. The van der Waals surface area contributed by atoms with Gasteiger partial charge >= 0.3 is 10.2 Å². The molecule has 8 heterocycles. The third-order valence-electron chi connectivity index (χ3n) is 14.2. The van der Waals surface area contributed by atoms with Crippen molar-refractivity contribution in [2.75, 3.05) is 68.5 Å². The van der Waals surface area contributed by atoms with Gasteiger partial charge in [0.15, 0.2) is 5.82 Å². The number of hydrogen-bond acceptors (Lipinski definition) is 12. The van der Waals surface area contributed by atoms with Crippen molar-refractivity contribution in [3.63, 3.8) is 0 Å². The van der Waals surface area contributed by atoms with Gasteiger partial charge < -0.3 is 19.7 Å². The number of piperazine rings is 1. The van der Waals surface area contributed by atoms with E-state index in [-0.39, 0.29) is 47.7 Å². The van der Waals surface area contributed by atoms with E-state index < -0.39 is 63.5 Å². The highest BCUT2D eigenvalue weighted by Gasteiger charge is 2.52. The van der Waals surface area contributed by atoms with Crippen molar-refractivity contribution in [1.29, 1.82) is 0 Å². The summed E-state index contributed by atoms with van der Waals surface area (Å²) in [4.78, 5) is 76.9. The number of aromatic nitrogens is 4. The maximum atomic E-state index is 15.8. The predicted molar refractivity (Wildman–Crippen MR) is 238 cm³/mol. The van der Waals surface area contributed by atoms with Gasteiger partial charge in [-0.05, 0) is 67.6 Å². The molecule has 3 aromatic heterocycles. The van der Waals surface area contributed by atoms with Crippen molar-refractivity contribution in [1.82, 2.24) is 44.3 Å². The molecule has 67 heavy (non-hydrogen) atoms. The number of carbonyl (C=O) groups excluding carboxylic acids is 4. The Balaban J connectivity index is 0.701. The Labute approximate surface area is 382 Å². The first-order valence-electron chi connectivity index (χ1n) is 22.5. The summed E-state index contributed by atoms with van der Waals surface area (Å²) in [6.45, 7) is 6.27. The van der Waals surface area contributed by atoms with Crippen LogP contribution in [0.1, 0.15) is 69.8 Å². The lowest BCUT2D eigenvalue weighted by atomic mass is 9.97. The van der Waals surface area contributed by atoms with Gasteiger partial charge in [-0.1, -0.05) is 0 Å². The summed E-state index contributed by atoms with van der Waals surface area (Å²) in [6.07, 6.45) is 7.39. The number of hydrogen-bond donors (Lipinski definition) is 3. The van der Waals surface area contributed by atoms with Crippen LogP contribution in [0.2, 0.25) is 0 Å². The number of carbonyl (C=O) groups is 4. The number of nitrogens with one attached hydrogen (secondary N) is 3. The third-order valence-corrected chi connectivity index (χ3v) is 15.7. The Kier molecular flexibility index (Phi) is 10.7. The van der Waals surface area contributed by atoms with Gasteiger partial charge in [0.25, 0.3) is 5.91 Å². The lowest BCUT2D eigenvalue weighted by Crippen LogP contribution is -2.56.